The highest BCUT2D eigenvalue weighted by molar-refractivity contribution is 7.99. The lowest BCUT2D eigenvalue weighted by Crippen LogP contribution is -2.66. The molecule has 0 amide bonds. The molecule has 0 aliphatic carbocycles. The smallest absolute Gasteiger partial charge is 0.338 e. The summed E-state index contributed by atoms with van der Waals surface area (Å²) in [5, 5.41) is 11.6. The lowest BCUT2D eigenvalue weighted by atomic mass is 9.96. The Morgan fingerprint density at radius 1 is 0.203 bits per heavy atom. The SMILES string of the molecule is Cc1ccc(SC2OC(COC3OC(COC4OC(COC5OC(CO)C(OC(=O)c6ccccc6)C(OC(=O)c6ccccc6)C5OC(=O)c5ccccc5)C(OC(=O)c5ccccc5)C(OC(=O)c5ccccc5)C4OC(=O)c4ccccc4)C(OC(=O)c4ccccc4)C(OC(=O)c4ccccc4)C3OC(=O)c3ccccc3)C(OC(=O)c3ccccc3)C(OC(=O)c3ccccc3)C2OC(=O)c2ccccc2)cc1. The summed E-state index contributed by atoms with van der Waals surface area (Å²) < 4.78 is 127. The summed E-state index contributed by atoms with van der Waals surface area (Å²) in [4.78, 5) is 182. The van der Waals surface area contributed by atoms with Crippen molar-refractivity contribution in [2.75, 3.05) is 26.4 Å². The van der Waals surface area contributed by atoms with Crippen molar-refractivity contribution < 1.29 is 153 Å². The van der Waals surface area contributed by atoms with Crippen molar-refractivity contribution in [1.82, 2.24) is 0 Å². The van der Waals surface area contributed by atoms with E-state index in [1.54, 1.807) is 133 Å². The number of benzene rings is 13. The second-order valence-electron chi connectivity index (χ2n) is 34.1. The summed E-state index contributed by atoms with van der Waals surface area (Å²) in [6, 6.07) is 97.5. The van der Waals surface area contributed by atoms with E-state index in [4.69, 9.17) is 90.0 Å². The Hall–Kier alpha value is -16.5. The molecule has 17 rings (SSSR count). The molecule has 4 fully saturated rings. The molecule has 754 valence electrons. The van der Waals surface area contributed by atoms with Gasteiger partial charge in [-0.1, -0.05) is 248 Å². The van der Waals surface area contributed by atoms with Crippen LogP contribution < -0.4 is 0 Å². The van der Waals surface area contributed by atoms with Gasteiger partial charge in [0.25, 0.3) is 0 Å². The molecule has 0 spiro atoms. The molecule has 0 bridgehead atoms. The number of ether oxygens (including phenoxy) is 19. The van der Waals surface area contributed by atoms with Gasteiger partial charge in [0.1, 0.15) is 29.9 Å². The minimum atomic E-state index is -2.31. The average Bonchev–Trinajstić information content (AvgIpc) is 0.772. The van der Waals surface area contributed by atoms with Crippen LogP contribution in [0.4, 0.5) is 0 Å². The second kappa shape index (κ2) is 49.9. The molecule has 32 nitrogen and oxygen atoms in total. The Bertz CT molecular complexity index is 6670. The van der Waals surface area contributed by atoms with Crippen LogP contribution in [0.5, 0.6) is 0 Å². The van der Waals surface area contributed by atoms with Crippen molar-refractivity contribution in [2.45, 2.75) is 134 Å². The Kier molecular flexibility index (Phi) is 34.7. The van der Waals surface area contributed by atoms with E-state index in [-0.39, 0.29) is 66.8 Å². The summed E-state index contributed by atoms with van der Waals surface area (Å²) in [7, 11) is 0. The van der Waals surface area contributed by atoms with Crippen molar-refractivity contribution in [2.24, 2.45) is 0 Å². The molecule has 148 heavy (non-hydrogen) atoms. The van der Waals surface area contributed by atoms with Crippen molar-refractivity contribution in [3.8, 4) is 0 Å². The molecule has 4 aliphatic rings. The van der Waals surface area contributed by atoms with Crippen LogP contribution >= 0.6 is 11.8 Å². The summed E-state index contributed by atoms with van der Waals surface area (Å²) in [5.74, 6) is -13.0. The first kappa shape index (κ1) is 103. The van der Waals surface area contributed by atoms with Crippen molar-refractivity contribution in [3.63, 3.8) is 0 Å². The number of thioether (sulfide) groups is 1. The van der Waals surface area contributed by atoms with Gasteiger partial charge in [-0.3, -0.25) is 0 Å². The van der Waals surface area contributed by atoms with Gasteiger partial charge in [-0.05, 0) is 165 Å². The third-order valence-electron chi connectivity index (χ3n) is 24.1. The van der Waals surface area contributed by atoms with Gasteiger partial charge in [0, 0.05) is 4.90 Å². The highest BCUT2D eigenvalue weighted by Crippen LogP contribution is 2.43. The van der Waals surface area contributed by atoms with Gasteiger partial charge in [-0.15, -0.1) is 0 Å². The number of carbonyl (C=O) groups excluding carboxylic acids is 12. The molecule has 20 atom stereocenters. The first-order valence-corrected chi connectivity index (χ1v) is 48.0. The molecule has 20 unspecified atom stereocenters. The van der Waals surface area contributed by atoms with Gasteiger partial charge >= 0.3 is 71.6 Å². The summed E-state index contributed by atoms with van der Waals surface area (Å²) in [6.45, 7) is -2.29. The highest BCUT2D eigenvalue weighted by Gasteiger charge is 2.61. The molecule has 4 saturated heterocycles. The van der Waals surface area contributed by atoms with E-state index in [9.17, 15) is 24.3 Å². The summed E-state index contributed by atoms with van der Waals surface area (Å²) in [6.07, 6.45) is -38.8. The van der Waals surface area contributed by atoms with Crippen LogP contribution in [-0.4, -0.2) is 225 Å². The zero-order valence-electron chi connectivity index (χ0n) is 78.8. The summed E-state index contributed by atoms with van der Waals surface area (Å²) in [5.41, 5.74) is -1.50. The Labute approximate surface area is 852 Å². The Morgan fingerprint density at radius 2 is 0.365 bits per heavy atom. The fourth-order valence-corrected chi connectivity index (χ4v) is 17.8. The predicted octanol–water partition coefficient (Wildman–Crippen LogP) is 15.7. The van der Waals surface area contributed by atoms with E-state index < -0.39 is 220 Å². The predicted molar refractivity (Wildman–Crippen MR) is 524 cm³/mol. The van der Waals surface area contributed by atoms with Crippen LogP contribution in [0.2, 0.25) is 0 Å². The summed E-state index contributed by atoms with van der Waals surface area (Å²) >= 11 is 1.01. The molecule has 33 heteroatoms. The van der Waals surface area contributed by atoms with E-state index in [0.29, 0.717) is 4.90 Å². The number of hydrogen-bond acceptors (Lipinski definition) is 33. The topological polar surface area (TPSA) is 400 Å². The van der Waals surface area contributed by atoms with Gasteiger partial charge in [0.2, 0.25) is 0 Å². The molecule has 13 aromatic carbocycles. The molecule has 0 saturated carbocycles. The third kappa shape index (κ3) is 26.1. The molecule has 13 aromatic rings. The first-order valence-electron chi connectivity index (χ1n) is 47.2. The monoisotopic (exact) mass is 2020 g/mol. The number of carbonyl (C=O) groups is 12. The van der Waals surface area contributed by atoms with Gasteiger partial charge in [-0.2, -0.15) is 0 Å². The maximum absolute atomic E-state index is 15.5. The molecule has 1 N–H and O–H groups in total. The molecule has 0 radical (unpaired) electrons. The number of aliphatic hydroxyl groups excluding tert-OH is 1. The van der Waals surface area contributed by atoms with Gasteiger partial charge in [0.05, 0.1) is 93.2 Å². The number of esters is 12. The van der Waals surface area contributed by atoms with Crippen LogP contribution in [-0.2, 0) is 90.0 Å². The number of rotatable bonds is 36. The largest absolute Gasteiger partial charge is 0.452 e. The zero-order chi connectivity index (χ0) is 103. The molecular formula is C115H96O32S. The average molecular weight is 2020 g/mol. The van der Waals surface area contributed by atoms with E-state index in [0.717, 1.165) is 17.3 Å². The molecule has 4 aliphatic heterocycles. The van der Waals surface area contributed by atoms with Gasteiger partial charge in [-0.25, -0.2) is 57.5 Å². The minimum Gasteiger partial charge on any atom is -0.452 e. The van der Waals surface area contributed by atoms with Crippen LogP contribution in [0.15, 0.2) is 393 Å². The number of hydrogen-bond donors (Lipinski definition) is 1. The molecule has 4 heterocycles. The van der Waals surface area contributed by atoms with E-state index in [1.165, 1.54) is 243 Å². The highest BCUT2D eigenvalue weighted by atomic mass is 32.2. The van der Waals surface area contributed by atoms with Gasteiger partial charge in [0.15, 0.2) is 92.1 Å². The van der Waals surface area contributed by atoms with Crippen molar-refractivity contribution in [3.05, 3.63) is 461 Å². The molecule has 0 aromatic heterocycles. The zero-order valence-corrected chi connectivity index (χ0v) is 79.7. The Morgan fingerprint density at radius 3 is 0.568 bits per heavy atom. The van der Waals surface area contributed by atoms with Crippen LogP contribution in [0, 0.1) is 6.92 Å². The molecular weight excluding hydrogens is 1930 g/mol. The maximum atomic E-state index is 15.5. The third-order valence-corrected chi connectivity index (χ3v) is 25.3. The second-order valence-corrected chi connectivity index (χ2v) is 35.3. The van der Waals surface area contributed by atoms with Crippen LogP contribution in [0.25, 0.3) is 0 Å². The lowest BCUT2D eigenvalue weighted by Gasteiger charge is -2.48. The quantitative estimate of drug-likeness (QED) is 0.0281. The van der Waals surface area contributed by atoms with E-state index >= 15 is 38.4 Å². The van der Waals surface area contributed by atoms with Crippen LogP contribution in [0.3, 0.4) is 0 Å². The van der Waals surface area contributed by atoms with Crippen LogP contribution in [0.1, 0.15) is 130 Å². The van der Waals surface area contributed by atoms with E-state index in [1.807, 2.05) is 19.1 Å². The standard InChI is InChI=1S/C115H96O32S/c1-70-62-64-83(65-63-70)148-115-99(147-111(128)82-60-36-13-37-61-82)95(143-107(124)78-52-28-9-29-53-78)91(139-103(120)74-44-20-5-21-45-74)87(135-115)69-131-114-98(146-110(127)81-58-34-12-35-59-81)94(142-106(123)77-50-26-8-27-51-77)90(138-102(119)73-42-18-4-19-43-73)86(134-114)68-130-113-97(145-109(126)80-56-32-11-33-57-80)93(141-105(122)76-48-24-7-25-49-76)89(137-101(118)72-40-16-3-17-41-72)85(133-113)67-129-112-96(144-108(125)79-54-30-10-31-55-79)92(140-104(121)75-46-22-6-23-47-75)88(84(66-116)132-112)136-100(117)71-38-14-2-15-39-71/h2-65,84-99,112-116H,66-69H2,1H3. The van der Waals surface area contributed by atoms with E-state index in [2.05, 4.69) is 0 Å². The fraction of sp³-hybridized carbons (Fsp3) is 0.217. The lowest BCUT2D eigenvalue weighted by molar-refractivity contribution is -0.341. The number of aryl methyl sites for hydroxylation is 1. The van der Waals surface area contributed by atoms with Crippen molar-refractivity contribution >= 4 is 83.4 Å². The number of aliphatic hydroxyl groups is 1. The van der Waals surface area contributed by atoms with Gasteiger partial charge < -0.3 is 95.1 Å². The fourth-order valence-electron chi connectivity index (χ4n) is 16.7. The maximum Gasteiger partial charge on any atom is 0.338 e. The minimum absolute atomic E-state index is 0.00355. The Balaban J connectivity index is 0.818. The van der Waals surface area contributed by atoms with Crippen molar-refractivity contribution in [1.29, 1.82) is 0 Å². The normalized spacial score (nSPS) is 23.4. The first-order chi connectivity index (χ1) is 72.2.